The van der Waals surface area contributed by atoms with Crippen LogP contribution in [-0.4, -0.2) is 74.4 Å². The molecule has 3 rings (SSSR count). The summed E-state index contributed by atoms with van der Waals surface area (Å²) in [5, 5.41) is 0. The fourth-order valence-corrected chi connectivity index (χ4v) is 3.77. The van der Waals surface area contributed by atoms with Gasteiger partial charge in [0, 0.05) is 32.8 Å². The number of benzene rings is 1. The van der Waals surface area contributed by atoms with E-state index >= 15 is 0 Å². The summed E-state index contributed by atoms with van der Waals surface area (Å²) in [5.41, 5.74) is 6.21. The first-order valence-corrected chi connectivity index (χ1v) is 9.87. The minimum Gasteiger partial charge on any atom is -0.379 e. The van der Waals surface area contributed by atoms with Crippen molar-refractivity contribution in [2.24, 2.45) is 5.73 Å². The fraction of sp³-hybridized carbons (Fsp3) is 0.650. The number of hydrogen-bond donors (Lipinski definition) is 1. The molecule has 1 atom stereocenters. The molecule has 2 aliphatic heterocycles. The van der Waals surface area contributed by atoms with Gasteiger partial charge in [0.25, 0.3) is 0 Å². The number of morpholine rings is 1. The summed E-state index contributed by atoms with van der Waals surface area (Å²) in [6.45, 7) is 5.18. The molecule has 0 spiro atoms. The summed E-state index contributed by atoms with van der Waals surface area (Å²) in [6.07, 6.45) is 2.71. The minimum absolute atomic E-state index is 0.0444. The van der Waals surface area contributed by atoms with Gasteiger partial charge in [-0.15, -0.1) is 0 Å². The molecule has 1 aromatic rings. The first-order chi connectivity index (χ1) is 13.2. The van der Waals surface area contributed by atoms with Crippen molar-refractivity contribution < 1.29 is 18.7 Å². The van der Waals surface area contributed by atoms with Crippen molar-refractivity contribution in [1.82, 2.24) is 9.80 Å². The average molecular weight is 379 g/mol. The van der Waals surface area contributed by atoms with E-state index in [0.717, 1.165) is 19.3 Å². The Morgan fingerprint density at radius 3 is 2.67 bits per heavy atom. The van der Waals surface area contributed by atoms with Gasteiger partial charge in [-0.25, -0.2) is 4.39 Å². The number of rotatable bonds is 7. The molecule has 7 heteroatoms. The molecular formula is C20H30FN3O3. The Balaban J connectivity index is 1.66. The van der Waals surface area contributed by atoms with Crippen LogP contribution in [0.4, 0.5) is 4.39 Å². The minimum atomic E-state index is -0.459. The van der Waals surface area contributed by atoms with Gasteiger partial charge in [0.05, 0.1) is 19.3 Å². The molecule has 6 nitrogen and oxygen atoms in total. The van der Waals surface area contributed by atoms with Crippen LogP contribution in [0.25, 0.3) is 0 Å². The molecule has 0 radical (unpaired) electrons. The third kappa shape index (κ3) is 5.48. The van der Waals surface area contributed by atoms with E-state index < -0.39 is 6.04 Å². The molecule has 2 aliphatic rings. The van der Waals surface area contributed by atoms with E-state index in [9.17, 15) is 9.18 Å². The largest absolute Gasteiger partial charge is 0.379 e. The van der Waals surface area contributed by atoms with E-state index in [0.29, 0.717) is 58.1 Å². The van der Waals surface area contributed by atoms with Crippen molar-refractivity contribution in [3.63, 3.8) is 0 Å². The molecule has 2 fully saturated rings. The maximum atomic E-state index is 13.8. The second-order valence-electron chi connectivity index (χ2n) is 7.14. The van der Waals surface area contributed by atoms with Crippen molar-refractivity contribution in [2.75, 3.05) is 52.5 Å². The Hall–Kier alpha value is -1.54. The lowest BCUT2D eigenvalue weighted by Crippen LogP contribution is -2.49. The number of hydrogen-bond acceptors (Lipinski definition) is 5. The molecule has 0 aliphatic carbocycles. The molecule has 1 unspecified atom stereocenters. The number of likely N-dealkylation sites (tertiary alicyclic amines) is 1. The number of amides is 1. The van der Waals surface area contributed by atoms with Crippen LogP contribution in [0.3, 0.4) is 0 Å². The number of nitrogens with two attached hydrogens (primary N) is 1. The standard InChI is InChI=1S/C20H30FN3O3/c21-17-4-1-3-16(15-17)19(23-10-13-26-14-11-23)20(25)24-8-5-18(6-9-24)27-12-2-7-22/h1,3-4,15,18-19H,2,5-14,22H2. The predicted octanol–water partition coefficient (Wildman–Crippen LogP) is 1.56. The first kappa shape index (κ1) is 20.2. The van der Waals surface area contributed by atoms with Gasteiger partial charge in [-0.05, 0) is 43.5 Å². The zero-order valence-electron chi connectivity index (χ0n) is 15.8. The van der Waals surface area contributed by atoms with Crippen LogP contribution in [0.5, 0.6) is 0 Å². The lowest BCUT2D eigenvalue weighted by Gasteiger charge is -2.39. The fourth-order valence-electron chi connectivity index (χ4n) is 3.77. The van der Waals surface area contributed by atoms with Crippen molar-refractivity contribution >= 4 is 5.91 Å². The topological polar surface area (TPSA) is 68.0 Å². The molecule has 1 amide bonds. The first-order valence-electron chi connectivity index (χ1n) is 9.87. The Kier molecular flexibility index (Phi) is 7.58. The monoisotopic (exact) mass is 379 g/mol. The van der Waals surface area contributed by atoms with Crippen molar-refractivity contribution in [3.8, 4) is 0 Å². The van der Waals surface area contributed by atoms with Gasteiger partial charge in [0.2, 0.25) is 5.91 Å². The van der Waals surface area contributed by atoms with E-state index in [-0.39, 0.29) is 17.8 Å². The number of piperidine rings is 1. The number of carbonyl (C=O) groups excluding carboxylic acids is 1. The summed E-state index contributed by atoms with van der Waals surface area (Å²) < 4.78 is 25.1. The molecular weight excluding hydrogens is 349 g/mol. The number of halogens is 1. The lowest BCUT2D eigenvalue weighted by atomic mass is 10.0. The Bertz CT molecular complexity index is 602. The van der Waals surface area contributed by atoms with Crippen molar-refractivity contribution in [3.05, 3.63) is 35.6 Å². The Labute approximate surface area is 160 Å². The van der Waals surface area contributed by atoms with E-state index in [4.69, 9.17) is 15.2 Å². The number of nitrogens with zero attached hydrogens (tertiary/aromatic N) is 2. The summed E-state index contributed by atoms with van der Waals surface area (Å²) in [5.74, 6) is -0.270. The highest BCUT2D eigenvalue weighted by atomic mass is 19.1. The van der Waals surface area contributed by atoms with Gasteiger partial charge in [0.1, 0.15) is 11.9 Å². The highest BCUT2D eigenvalue weighted by molar-refractivity contribution is 5.83. The number of carbonyl (C=O) groups is 1. The SMILES string of the molecule is NCCCOC1CCN(C(=O)C(c2cccc(F)c2)N2CCOCC2)CC1. The quantitative estimate of drug-likeness (QED) is 0.728. The lowest BCUT2D eigenvalue weighted by molar-refractivity contribution is -0.141. The van der Waals surface area contributed by atoms with Gasteiger partial charge in [-0.3, -0.25) is 9.69 Å². The van der Waals surface area contributed by atoms with Gasteiger partial charge < -0.3 is 20.1 Å². The van der Waals surface area contributed by atoms with Crippen LogP contribution in [-0.2, 0) is 14.3 Å². The molecule has 2 N–H and O–H groups in total. The Morgan fingerprint density at radius 2 is 2.00 bits per heavy atom. The molecule has 27 heavy (non-hydrogen) atoms. The average Bonchev–Trinajstić information content (AvgIpc) is 2.70. The molecule has 0 bridgehead atoms. The molecule has 2 heterocycles. The molecule has 2 saturated heterocycles. The van der Waals surface area contributed by atoms with Crippen LogP contribution < -0.4 is 5.73 Å². The summed E-state index contributed by atoms with van der Waals surface area (Å²) in [6, 6.07) is 5.93. The van der Waals surface area contributed by atoms with Crippen LogP contribution >= 0.6 is 0 Å². The highest BCUT2D eigenvalue weighted by Gasteiger charge is 2.34. The van der Waals surface area contributed by atoms with Crippen LogP contribution in [0.2, 0.25) is 0 Å². The second kappa shape index (κ2) is 10.1. The van der Waals surface area contributed by atoms with Gasteiger partial charge in [-0.2, -0.15) is 0 Å². The van der Waals surface area contributed by atoms with Crippen molar-refractivity contribution in [2.45, 2.75) is 31.4 Å². The maximum absolute atomic E-state index is 13.8. The van der Waals surface area contributed by atoms with Crippen molar-refractivity contribution in [1.29, 1.82) is 0 Å². The van der Waals surface area contributed by atoms with E-state index in [1.807, 2.05) is 11.0 Å². The van der Waals surface area contributed by atoms with Crippen LogP contribution in [0.1, 0.15) is 30.9 Å². The molecule has 150 valence electrons. The zero-order chi connectivity index (χ0) is 19.1. The normalized spacial score (nSPS) is 20.6. The predicted molar refractivity (Wildman–Crippen MR) is 101 cm³/mol. The van der Waals surface area contributed by atoms with Crippen LogP contribution in [0, 0.1) is 5.82 Å². The summed E-state index contributed by atoms with van der Waals surface area (Å²) >= 11 is 0. The van der Waals surface area contributed by atoms with E-state index in [2.05, 4.69) is 4.90 Å². The summed E-state index contributed by atoms with van der Waals surface area (Å²) in [4.78, 5) is 17.3. The zero-order valence-corrected chi connectivity index (χ0v) is 15.8. The Morgan fingerprint density at radius 1 is 1.26 bits per heavy atom. The molecule has 1 aromatic carbocycles. The van der Waals surface area contributed by atoms with Gasteiger partial charge >= 0.3 is 0 Å². The highest BCUT2D eigenvalue weighted by Crippen LogP contribution is 2.27. The number of ether oxygens (including phenoxy) is 2. The second-order valence-corrected chi connectivity index (χ2v) is 7.14. The smallest absolute Gasteiger partial charge is 0.244 e. The van der Waals surface area contributed by atoms with Gasteiger partial charge in [0.15, 0.2) is 0 Å². The van der Waals surface area contributed by atoms with Crippen LogP contribution in [0.15, 0.2) is 24.3 Å². The summed E-state index contributed by atoms with van der Waals surface area (Å²) in [7, 11) is 0. The maximum Gasteiger partial charge on any atom is 0.244 e. The molecule has 0 saturated carbocycles. The van der Waals surface area contributed by atoms with E-state index in [1.54, 1.807) is 6.07 Å². The molecule has 0 aromatic heterocycles. The van der Waals surface area contributed by atoms with Gasteiger partial charge in [-0.1, -0.05) is 12.1 Å². The third-order valence-electron chi connectivity index (χ3n) is 5.26. The third-order valence-corrected chi connectivity index (χ3v) is 5.26. The van der Waals surface area contributed by atoms with E-state index in [1.165, 1.54) is 12.1 Å².